The molecule has 0 fully saturated rings. The largest absolute Gasteiger partial charge is 0.497 e. The topological polar surface area (TPSA) is 152 Å². The Labute approximate surface area is 226 Å². The molecule has 38 heavy (non-hydrogen) atoms. The molecule has 0 saturated carbocycles. The van der Waals surface area contributed by atoms with Crippen LogP contribution in [-0.2, 0) is 13.1 Å². The van der Waals surface area contributed by atoms with Crippen molar-refractivity contribution in [2.45, 2.75) is 13.1 Å². The van der Waals surface area contributed by atoms with E-state index < -0.39 is 0 Å². The Kier molecular flexibility index (Phi) is 9.03. The van der Waals surface area contributed by atoms with Crippen LogP contribution < -0.4 is 24.8 Å². The molecular weight excluding hydrogens is 556 g/mol. The number of rotatable bonds is 12. The van der Waals surface area contributed by atoms with Crippen molar-refractivity contribution in [2.24, 2.45) is 10.2 Å². The minimum Gasteiger partial charge on any atom is -0.497 e. The van der Waals surface area contributed by atoms with Gasteiger partial charge in [-0.1, -0.05) is 0 Å². The van der Waals surface area contributed by atoms with E-state index in [1.165, 1.54) is 7.11 Å². The summed E-state index contributed by atoms with van der Waals surface area (Å²) < 4.78 is 22.0. The van der Waals surface area contributed by atoms with Crippen LogP contribution >= 0.6 is 15.9 Å². The van der Waals surface area contributed by atoms with Gasteiger partial charge in [-0.3, -0.25) is 0 Å². The number of hydrogen-bond donors (Lipinski definition) is 2. The van der Waals surface area contributed by atoms with Gasteiger partial charge in [0.1, 0.15) is 17.6 Å². The van der Waals surface area contributed by atoms with E-state index in [4.69, 9.17) is 23.9 Å². The van der Waals surface area contributed by atoms with Crippen LogP contribution in [0, 0.1) is 11.3 Å². The Morgan fingerprint density at radius 3 is 2.58 bits per heavy atom. The Hall–Kier alpha value is -4.70. The van der Waals surface area contributed by atoms with Crippen LogP contribution in [0.5, 0.6) is 17.2 Å². The van der Waals surface area contributed by atoms with Crippen molar-refractivity contribution in [3.05, 3.63) is 70.6 Å². The van der Waals surface area contributed by atoms with E-state index in [0.29, 0.717) is 28.5 Å². The molecule has 0 aliphatic carbocycles. The van der Waals surface area contributed by atoms with Gasteiger partial charge < -0.3 is 29.3 Å². The van der Waals surface area contributed by atoms with Gasteiger partial charge in [0, 0.05) is 5.69 Å². The van der Waals surface area contributed by atoms with E-state index >= 15 is 0 Å². The highest BCUT2D eigenvalue weighted by Crippen LogP contribution is 2.37. The second-order valence-corrected chi connectivity index (χ2v) is 8.38. The van der Waals surface area contributed by atoms with Crippen LogP contribution in [0.4, 0.5) is 23.5 Å². The minimum absolute atomic E-state index is 0.101. The van der Waals surface area contributed by atoms with E-state index in [1.54, 1.807) is 25.5 Å². The number of benzene rings is 2. The fourth-order valence-electron chi connectivity index (χ4n) is 3.22. The number of hydrogen-bond acceptors (Lipinski definition) is 12. The van der Waals surface area contributed by atoms with Gasteiger partial charge in [-0.25, -0.2) is 0 Å². The summed E-state index contributed by atoms with van der Waals surface area (Å²) in [4.78, 5) is 13.2. The highest BCUT2D eigenvalue weighted by Gasteiger charge is 2.12. The zero-order valence-electron chi connectivity index (χ0n) is 20.5. The average molecular weight is 579 g/mol. The summed E-state index contributed by atoms with van der Waals surface area (Å²) in [7, 11) is 3.13. The Morgan fingerprint density at radius 1 is 1.05 bits per heavy atom. The SMILES string of the molecule is COc1ccc(Nc2nc(N=NCc3cc(Br)c(OCC#N)c(OC)c3)nc(NCc3ccco3)n2)cc1. The molecule has 4 rings (SSSR count). The number of nitriles is 1. The van der Waals surface area contributed by atoms with Gasteiger partial charge in [-0.15, -0.1) is 5.11 Å². The lowest BCUT2D eigenvalue weighted by Gasteiger charge is -2.11. The molecule has 194 valence electrons. The van der Waals surface area contributed by atoms with Gasteiger partial charge in [0.2, 0.25) is 11.9 Å². The first-order valence-electron chi connectivity index (χ1n) is 11.2. The molecule has 0 atom stereocenters. The molecule has 0 aliphatic rings. The number of methoxy groups -OCH3 is 2. The van der Waals surface area contributed by atoms with Crippen molar-refractivity contribution in [1.82, 2.24) is 15.0 Å². The van der Waals surface area contributed by atoms with Crippen molar-refractivity contribution in [2.75, 3.05) is 31.5 Å². The minimum atomic E-state index is -0.101. The zero-order valence-corrected chi connectivity index (χ0v) is 22.1. The van der Waals surface area contributed by atoms with Gasteiger partial charge in [-0.2, -0.15) is 25.3 Å². The summed E-state index contributed by atoms with van der Waals surface area (Å²) in [5, 5.41) is 23.5. The molecule has 0 bridgehead atoms. The van der Waals surface area contributed by atoms with Crippen molar-refractivity contribution in [3.63, 3.8) is 0 Å². The van der Waals surface area contributed by atoms with E-state index in [-0.39, 0.29) is 25.0 Å². The monoisotopic (exact) mass is 578 g/mol. The second kappa shape index (κ2) is 13.0. The molecule has 0 saturated heterocycles. The number of halogens is 1. The molecule has 0 amide bonds. The van der Waals surface area contributed by atoms with Crippen molar-refractivity contribution >= 4 is 39.5 Å². The number of anilines is 3. The highest BCUT2D eigenvalue weighted by molar-refractivity contribution is 9.10. The number of nitrogens with zero attached hydrogens (tertiary/aromatic N) is 6. The van der Waals surface area contributed by atoms with Crippen molar-refractivity contribution < 1.29 is 18.6 Å². The maximum absolute atomic E-state index is 8.79. The van der Waals surface area contributed by atoms with Gasteiger partial charge in [0.05, 0.1) is 38.0 Å². The Bertz CT molecular complexity index is 1420. The summed E-state index contributed by atoms with van der Waals surface area (Å²) in [6, 6.07) is 16.5. The summed E-state index contributed by atoms with van der Waals surface area (Å²) >= 11 is 3.45. The third-order valence-corrected chi connectivity index (χ3v) is 5.54. The van der Waals surface area contributed by atoms with E-state index in [1.807, 2.05) is 42.5 Å². The first-order valence-corrected chi connectivity index (χ1v) is 12.0. The van der Waals surface area contributed by atoms with E-state index in [2.05, 4.69) is 51.7 Å². The normalized spacial score (nSPS) is 10.7. The molecule has 4 aromatic rings. The fraction of sp³-hybridized carbons (Fsp3) is 0.200. The summed E-state index contributed by atoms with van der Waals surface area (Å²) in [5.74, 6) is 3.05. The molecule has 2 aromatic carbocycles. The molecule has 2 aromatic heterocycles. The Balaban J connectivity index is 1.53. The molecule has 0 unspecified atom stereocenters. The summed E-state index contributed by atoms with van der Waals surface area (Å²) in [6.45, 7) is 0.496. The number of furan rings is 1. The average Bonchev–Trinajstić information content (AvgIpc) is 3.45. The number of ether oxygens (including phenoxy) is 3. The molecular formula is C25H23BrN8O4. The maximum atomic E-state index is 8.79. The summed E-state index contributed by atoms with van der Waals surface area (Å²) in [5.41, 5.74) is 1.55. The predicted molar refractivity (Wildman–Crippen MR) is 142 cm³/mol. The molecule has 2 N–H and O–H groups in total. The van der Waals surface area contributed by atoms with Gasteiger partial charge in [0.25, 0.3) is 5.95 Å². The molecule has 13 heteroatoms. The van der Waals surface area contributed by atoms with Gasteiger partial charge in [-0.05, 0) is 70.0 Å². The second-order valence-electron chi connectivity index (χ2n) is 7.52. The molecule has 0 aliphatic heterocycles. The van der Waals surface area contributed by atoms with Crippen LogP contribution in [0.2, 0.25) is 0 Å². The third kappa shape index (κ3) is 7.17. The van der Waals surface area contributed by atoms with Crippen molar-refractivity contribution in [3.8, 4) is 23.3 Å². The smallest absolute Gasteiger partial charge is 0.275 e. The zero-order chi connectivity index (χ0) is 26.7. The molecule has 0 spiro atoms. The standard InChI is InChI=1S/C25H23BrN8O4/c1-35-18-7-5-17(6-8-18)30-24-31-23(28-15-19-4-3-10-37-19)32-25(33-24)34-29-14-16-12-20(26)22(38-11-9-27)21(13-16)36-2/h3-8,10,12-13H,11,14-15H2,1-2H3,(H2,28,30,31,32,33). The molecule has 2 heterocycles. The van der Waals surface area contributed by atoms with Crippen LogP contribution in [0.25, 0.3) is 0 Å². The predicted octanol–water partition coefficient (Wildman–Crippen LogP) is 5.79. The van der Waals surface area contributed by atoms with Crippen LogP contribution in [-0.4, -0.2) is 35.8 Å². The van der Waals surface area contributed by atoms with Crippen LogP contribution in [0.1, 0.15) is 11.3 Å². The van der Waals surface area contributed by atoms with Crippen molar-refractivity contribution in [1.29, 1.82) is 5.26 Å². The quantitative estimate of drug-likeness (QED) is 0.197. The highest BCUT2D eigenvalue weighted by atomic mass is 79.9. The lowest BCUT2D eigenvalue weighted by molar-refractivity contribution is 0.327. The van der Waals surface area contributed by atoms with Gasteiger partial charge >= 0.3 is 0 Å². The number of aromatic nitrogens is 3. The molecule has 12 nitrogen and oxygen atoms in total. The van der Waals surface area contributed by atoms with E-state index in [9.17, 15) is 0 Å². The molecule has 0 radical (unpaired) electrons. The number of nitrogens with one attached hydrogen (secondary N) is 2. The van der Waals surface area contributed by atoms with Crippen LogP contribution in [0.3, 0.4) is 0 Å². The summed E-state index contributed by atoms with van der Waals surface area (Å²) in [6.07, 6.45) is 1.59. The lowest BCUT2D eigenvalue weighted by Crippen LogP contribution is -2.06. The first-order chi connectivity index (χ1) is 18.6. The van der Waals surface area contributed by atoms with E-state index in [0.717, 1.165) is 22.8 Å². The maximum Gasteiger partial charge on any atom is 0.275 e. The first kappa shape index (κ1) is 26.4. The third-order valence-electron chi connectivity index (χ3n) is 4.95. The number of azo groups is 1. The lowest BCUT2D eigenvalue weighted by atomic mass is 10.2. The van der Waals surface area contributed by atoms with Crippen LogP contribution in [0.15, 0.2) is 73.9 Å². The Morgan fingerprint density at radius 2 is 1.87 bits per heavy atom. The fourth-order valence-corrected chi connectivity index (χ4v) is 3.82. The van der Waals surface area contributed by atoms with Gasteiger partial charge in [0.15, 0.2) is 18.1 Å².